The summed E-state index contributed by atoms with van der Waals surface area (Å²) in [5, 5.41) is 9.20. The van der Waals surface area contributed by atoms with Gasteiger partial charge in [-0.15, -0.1) is 0 Å². The molecule has 3 nitrogen and oxygen atoms in total. The molecular weight excluding hydrogens is 283 g/mol. The summed E-state index contributed by atoms with van der Waals surface area (Å²) in [6.45, 7) is 0.580. The van der Waals surface area contributed by atoms with Crippen molar-refractivity contribution in [2.45, 2.75) is 31.5 Å². The molecule has 0 atom stereocenters. The number of carbonyl (C=O) groups is 1. The van der Waals surface area contributed by atoms with Gasteiger partial charge in [-0.2, -0.15) is 13.2 Å². The fourth-order valence-electron chi connectivity index (χ4n) is 2.46. The van der Waals surface area contributed by atoms with Crippen molar-refractivity contribution in [1.29, 1.82) is 0 Å². The number of aliphatic hydroxyl groups excluding tert-OH is 1. The van der Waals surface area contributed by atoms with Crippen molar-refractivity contribution in [2.75, 3.05) is 13.6 Å². The summed E-state index contributed by atoms with van der Waals surface area (Å²) in [5.74, 6) is 0.192. The van der Waals surface area contributed by atoms with Gasteiger partial charge in [0.15, 0.2) is 0 Å². The zero-order valence-corrected chi connectivity index (χ0v) is 11.7. The van der Waals surface area contributed by atoms with Crippen LogP contribution < -0.4 is 0 Å². The average Bonchev–Trinajstić information content (AvgIpc) is 2.36. The molecule has 1 aliphatic carbocycles. The number of likely N-dealkylation sites (N-methyl/N-ethyl adjacent to an activating group) is 1. The van der Waals surface area contributed by atoms with Crippen molar-refractivity contribution >= 4 is 5.91 Å². The molecule has 1 aromatic carbocycles. The van der Waals surface area contributed by atoms with Crippen LogP contribution in [0.3, 0.4) is 0 Å². The molecule has 1 N–H and O–H groups in total. The van der Waals surface area contributed by atoms with Crippen molar-refractivity contribution in [3.8, 4) is 0 Å². The van der Waals surface area contributed by atoms with Crippen LogP contribution in [0.1, 0.15) is 24.0 Å². The highest BCUT2D eigenvalue weighted by atomic mass is 19.4. The molecule has 0 bridgehead atoms. The number of rotatable bonds is 4. The molecule has 116 valence electrons. The van der Waals surface area contributed by atoms with Crippen LogP contribution in [-0.4, -0.2) is 35.6 Å². The second-order valence-electron chi connectivity index (χ2n) is 5.64. The van der Waals surface area contributed by atoms with Gasteiger partial charge in [-0.25, -0.2) is 0 Å². The van der Waals surface area contributed by atoms with Gasteiger partial charge in [-0.3, -0.25) is 4.79 Å². The third-order valence-corrected chi connectivity index (χ3v) is 3.81. The Morgan fingerprint density at radius 1 is 1.29 bits per heavy atom. The number of aliphatic hydroxyl groups is 1. The van der Waals surface area contributed by atoms with Crippen LogP contribution in [0.5, 0.6) is 0 Å². The fraction of sp³-hybridized carbons (Fsp3) is 0.533. The highest BCUT2D eigenvalue weighted by molar-refractivity contribution is 5.78. The first-order valence-electron chi connectivity index (χ1n) is 6.84. The molecule has 1 saturated carbocycles. The Bertz CT molecular complexity index is 493. The van der Waals surface area contributed by atoms with Crippen molar-refractivity contribution < 1.29 is 23.1 Å². The molecule has 6 heteroatoms. The van der Waals surface area contributed by atoms with E-state index in [9.17, 15) is 23.1 Å². The monoisotopic (exact) mass is 301 g/mol. The third-order valence-electron chi connectivity index (χ3n) is 3.81. The number of benzene rings is 1. The smallest absolute Gasteiger partial charge is 0.393 e. The van der Waals surface area contributed by atoms with E-state index in [1.807, 2.05) is 0 Å². The lowest BCUT2D eigenvalue weighted by Gasteiger charge is -2.34. The van der Waals surface area contributed by atoms with Gasteiger partial charge in [0.2, 0.25) is 5.91 Å². The first-order chi connectivity index (χ1) is 9.75. The largest absolute Gasteiger partial charge is 0.416 e. The van der Waals surface area contributed by atoms with Gasteiger partial charge in [-0.1, -0.05) is 12.1 Å². The van der Waals surface area contributed by atoms with Crippen LogP contribution in [0.2, 0.25) is 0 Å². The molecule has 1 aromatic rings. The van der Waals surface area contributed by atoms with Crippen LogP contribution >= 0.6 is 0 Å². The Morgan fingerprint density at radius 3 is 2.33 bits per heavy atom. The van der Waals surface area contributed by atoms with Crippen LogP contribution in [0.25, 0.3) is 0 Å². The average molecular weight is 301 g/mol. The number of alkyl halides is 3. The summed E-state index contributed by atoms with van der Waals surface area (Å²) in [4.78, 5) is 13.6. The molecular formula is C15H18F3NO2. The maximum absolute atomic E-state index is 12.4. The van der Waals surface area contributed by atoms with E-state index >= 15 is 0 Å². The molecule has 0 heterocycles. The first-order valence-corrected chi connectivity index (χ1v) is 6.84. The molecule has 0 saturated heterocycles. The third kappa shape index (κ3) is 4.20. The predicted octanol–water partition coefficient (Wildman–Crippen LogP) is 2.48. The number of nitrogens with zero attached hydrogens (tertiary/aromatic N) is 1. The predicted molar refractivity (Wildman–Crippen MR) is 71.5 cm³/mol. The van der Waals surface area contributed by atoms with Gasteiger partial charge < -0.3 is 10.0 Å². The Hall–Kier alpha value is -1.56. The molecule has 1 aliphatic rings. The van der Waals surface area contributed by atoms with Gasteiger partial charge in [0.05, 0.1) is 18.1 Å². The Morgan fingerprint density at radius 2 is 1.86 bits per heavy atom. The van der Waals surface area contributed by atoms with E-state index in [0.29, 0.717) is 30.9 Å². The highest BCUT2D eigenvalue weighted by Crippen LogP contribution is 2.29. The van der Waals surface area contributed by atoms with Gasteiger partial charge in [0.1, 0.15) is 0 Å². The van der Waals surface area contributed by atoms with E-state index in [2.05, 4.69) is 0 Å². The first kappa shape index (κ1) is 15.8. The van der Waals surface area contributed by atoms with E-state index in [4.69, 9.17) is 0 Å². The van der Waals surface area contributed by atoms with Gasteiger partial charge in [0.25, 0.3) is 0 Å². The Labute approximate surface area is 121 Å². The van der Waals surface area contributed by atoms with E-state index < -0.39 is 11.7 Å². The lowest BCUT2D eigenvalue weighted by molar-refractivity contribution is -0.137. The molecule has 0 aromatic heterocycles. The SMILES string of the molecule is CN(CC1CC(O)C1)C(=O)Cc1ccc(C(F)(F)F)cc1. The molecule has 1 fully saturated rings. The zero-order chi connectivity index (χ0) is 15.6. The van der Waals surface area contributed by atoms with Crippen LogP contribution in [0.15, 0.2) is 24.3 Å². The summed E-state index contributed by atoms with van der Waals surface area (Å²) >= 11 is 0. The summed E-state index contributed by atoms with van der Waals surface area (Å²) in [6.07, 6.45) is -3.11. The molecule has 21 heavy (non-hydrogen) atoms. The number of halogens is 3. The van der Waals surface area contributed by atoms with E-state index in [1.165, 1.54) is 12.1 Å². The number of hydrogen-bond donors (Lipinski definition) is 1. The van der Waals surface area contributed by atoms with Gasteiger partial charge >= 0.3 is 6.18 Å². The van der Waals surface area contributed by atoms with Crippen LogP contribution in [0.4, 0.5) is 13.2 Å². The number of amides is 1. The Kier molecular flexibility index (Phi) is 4.56. The summed E-state index contributed by atoms with van der Waals surface area (Å²) in [5.41, 5.74) is -0.149. The maximum atomic E-state index is 12.4. The standard InChI is InChI=1S/C15H18F3NO2/c1-19(9-11-6-13(20)7-11)14(21)8-10-2-4-12(5-3-10)15(16,17)18/h2-5,11,13,20H,6-9H2,1H3. The normalized spacial score (nSPS) is 21.8. The van der Waals surface area contributed by atoms with E-state index in [0.717, 1.165) is 12.1 Å². The number of carbonyl (C=O) groups excluding carboxylic acids is 1. The summed E-state index contributed by atoms with van der Waals surface area (Å²) < 4.78 is 37.3. The minimum absolute atomic E-state index is 0.0872. The zero-order valence-electron chi connectivity index (χ0n) is 11.7. The quantitative estimate of drug-likeness (QED) is 0.928. The van der Waals surface area contributed by atoms with Crippen LogP contribution in [-0.2, 0) is 17.4 Å². The summed E-state index contributed by atoms with van der Waals surface area (Å²) in [7, 11) is 1.68. The lowest BCUT2D eigenvalue weighted by Crippen LogP contribution is -2.40. The highest BCUT2D eigenvalue weighted by Gasteiger charge is 2.30. The van der Waals surface area contributed by atoms with Crippen LogP contribution in [0, 0.1) is 5.92 Å². The summed E-state index contributed by atoms with van der Waals surface area (Å²) in [6, 6.07) is 4.65. The molecule has 0 radical (unpaired) electrons. The van der Waals surface area contributed by atoms with E-state index in [1.54, 1.807) is 11.9 Å². The second kappa shape index (κ2) is 6.05. The number of hydrogen-bond acceptors (Lipinski definition) is 2. The minimum atomic E-state index is -4.36. The maximum Gasteiger partial charge on any atom is 0.416 e. The topological polar surface area (TPSA) is 40.5 Å². The van der Waals surface area contributed by atoms with E-state index in [-0.39, 0.29) is 18.4 Å². The molecule has 0 unspecified atom stereocenters. The molecule has 2 rings (SSSR count). The lowest BCUT2D eigenvalue weighted by atomic mass is 9.82. The van der Waals surface area contributed by atoms with Crippen molar-refractivity contribution in [3.63, 3.8) is 0 Å². The molecule has 0 spiro atoms. The molecule has 1 amide bonds. The van der Waals surface area contributed by atoms with Crippen molar-refractivity contribution in [3.05, 3.63) is 35.4 Å². The second-order valence-corrected chi connectivity index (χ2v) is 5.64. The van der Waals surface area contributed by atoms with Gasteiger partial charge in [0, 0.05) is 13.6 Å². The van der Waals surface area contributed by atoms with Crippen molar-refractivity contribution in [2.24, 2.45) is 5.92 Å². The minimum Gasteiger partial charge on any atom is -0.393 e. The Balaban J connectivity index is 1.87. The fourth-order valence-corrected chi connectivity index (χ4v) is 2.46. The van der Waals surface area contributed by atoms with Gasteiger partial charge in [-0.05, 0) is 36.5 Å². The van der Waals surface area contributed by atoms with Crippen molar-refractivity contribution in [1.82, 2.24) is 4.90 Å². The molecule has 0 aliphatic heterocycles.